The lowest BCUT2D eigenvalue weighted by Gasteiger charge is -2.28. The number of unbranched alkanes of at least 4 members (excludes halogenated alkanes) is 1. The van der Waals surface area contributed by atoms with E-state index in [1.807, 2.05) is 6.92 Å². The number of hydrogen-bond acceptors (Lipinski definition) is 2. The molecule has 12 heavy (non-hydrogen) atoms. The highest BCUT2D eigenvalue weighted by Gasteiger charge is 2.22. The van der Waals surface area contributed by atoms with Gasteiger partial charge in [-0.25, -0.2) is 0 Å². The summed E-state index contributed by atoms with van der Waals surface area (Å²) in [6, 6.07) is 0. The van der Waals surface area contributed by atoms with E-state index in [9.17, 15) is 0 Å². The van der Waals surface area contributed by atoms with Gasteiger partial charge in [0.2, 0.25) is 0 Å². The zero-order valence-electron chi connectivity index (χ0n) is 8.73. The molecule has 1 unspecified atom stereocenters. The minimum absolute atomic E-state index is 0.348. The fraction of sp³-hybridized carbons (Fsp3) is 1.00. The zero-order valence-corrected chi connectivity index (χ0v) is 8.73. The van der Waals surface area contributed by atoms with E-state index < -0.39 is 0 Å². The minimum atomic E-state index is -0.348. The van der Waals surface area contributed by atoms with Gasteiger partial charge in [-0.3, -0.25) is 0 Å². The normalized spacial score (nSPS) is 16.0. The lowest BCUT2D eigenvalue weighted by atomic mass is 10.0. The molecule has 2 N–H and O–H groups in total. The molecule has 0 aromatic heterocycles. The number of nitrogens with two attached hydrogens (primary N) is 1. The average Bonchev–Trinajstić information content (AvgIpc) is 2.02. The van der Waals surface area contributed by atoms with Crippen LogP contribution in [0, 0.1) is 0 Å². The number of rotatable bonds is 7. The van der Waals surface area contributed by atoms with Crippen LogP contribution in [0.2, 0.25) is 0 Å². The SMILES string of the molecule is CCCCC(N)(CCC)OCC. The molecule has 0 aliphatic rings. The Hall–Kier alpha value is -0.0800. The van der Waals surface area contributed by atoms with Crippen LogP contribution in [0.1, 0.15) is 52.9 Å². The highest BCUT2D eigenvalue weighted by Crippen LogP contribution is 2.18. The van der Waals surface area contributed by atoms with Gasteiger partial charge in [0, 0.05) is 6.61 Å². The first-order valence-corrected chi connectivity index (χ1v) is 5.11. The van der Waals surface area contributed by atoms with Crippen LogP contribution in [0.4, 0.5) is 0 Å². The Kier molecular flexibility index (Phi) is 6.39. The number of ether oxygens (including phenoxy) is 1. The standard InChI is InChI=1S/C10H23NO/c1-4-7-9-10(11,8-5-2)12-6-3/h4-9,11H2,1-3H3. The third kappa shape index (κ3) is 4.73. The van der Waals surface area contributed by atoms with Crippen molar-refractivity contribution >= 4 is 0 Å². The van der Waals surface area contributed by atoms with E-state index in [2.05, 4.69) is 13.8 Å². The van der Waals surface area contributed by atoms with Crippen molar-refractivity contribution < 1.29 is 4.74 Å². The molecular formula is C10H23NO. The summed E-state index contributed by atoms with van der Waals surface area (Å²) in [6.45, 7) is 7.05. The van der Waals surface area contributed by atoms with E-state index in [1.54, 1.807) is 0 Å². The summed E-state index contributed by atoms with van der Waals surface area (Å²) in [5.74, 6) is 0. The van der Waals surface area contributed by atoms with Crippen molar-refractivity contribution in [1.29, 1.82) is 0 Å². The van der Waals surface area contributed by atoms with Gasteiger partial charge < -0.3 is 10.5 Å². The van der Waals surface area contributed by atoms with E-state index in [1.165, 1.54) is 6.42 Å². The molecule has 0 bridgehead atoms. The topological polar surface area (TPSA) is 35.2 Å². The van der Waals surface area contributed by atoms with Crippen molar-refractivity contribution in [2.75, 3.05) is 6.61 Å². The van der Waals surface area contributed by atoms with Crippen molar-refractivity contribution in [2.24, 2.45) is 5.73 Å². The van der Waals surface area contributed by atoms with Gasteiger partial charge in [-0.1, -0.05) is 26.7 Å². The Labute approximate surface area is 76.5 Å². The molecule has 0 heterocycles. The Morgan fingerprint density at radius 3 is 2.17 bits per heavy atom. The van der Waals surface area contributed by atoms with Crippen molar-refractivity contribution in [3.8, 4) is 0 Å². The van der Waals surface area contributed by atoms with Crippen LogP contribution in [0.5, 0.6) is 0 Å². The first kappa shape index (κ1) is 11.9. The monoisotopic (exact) mass is 173 g/mol. The van der Waals surface area contributed by atoms with Crippen LogP contribution in [0.25, 0.3) is 0 Å². The second-order valence-corrected chi connectivity index (χ2v) is 3.35. The molecule has 2 heteroatoms. The first-order chi connectivity index (χ1) is 5.68. The molecule has 0 amide bonds. The Morgan fingerprint density at radius 2 is 1.75 bits per heavy atom. The van der Waals surface area contributed by atoms with Crippen molar-refractivity contribution in [3.05, 3.63) is 0 Å². The predicted octanol–water partition coefficient (Wildman–Crippen LogP) is 2.67. The third-order valence-corrected chi connectivity index (χ3v) is 2.06. The van der Waals surface area contributed by atoms with Gasteiger partial charge in [0.05, 0.1) is 0 Å². The molecule has 0 rings (SSSR count). The summed E-state index contributed by atoms with van der Waals surface area (Å²) >= 11 is 0. The highest BCUT2D eigenvalue weighted by atomic mass is 16.5. The highest BCUT2D eigenvalue weighted by molar-refractivity contribution is 4.72. The third-order valence-electron chi connectivity index (χ3n) is 2.06. The largest absolute Gasteiger partial charge is 0.361 e. The molecule has 0 radical (unpaired) electrons. The maximum atomic E-state index is 6.08. The summed E-state index contributed by atoms with van der Waals surface area (Å²) in [5.41, 5.74) is 5.74. The van der Waals surface area contributed by atoms with Gasteiger partial charge in [0.15, 0.2) is 0 Å². The maximum Gasteiger partial charge on any atom is 0.116 e. The number of hydrogen-bond donors (Lipinski definition) is 1. The van der Waals surface area contributed by atoms with Gasteiger partial charge in [0.1, 0.15) is 5.72 Å². The Bertz CT molecular complexity index is 98.0. The van der Waals surface area contributed by atoms with E-state index in [4.69, 9.17) is 10.5 Å². The lowest BCUT2D eigenvalue weighted by molar-refractivity contribution is -0.0488. The quantitative estimate of drug-likeness (QED) is 0.601. The van der Waals surface area contributed by atoms with Crippen molar-refractivity contribution in [3.63, 3.8) is 0 Å². The molecule has 0 aliphatic carbocycles. The zero-order chi connectivity index (χ0) is 9.45. The van der Waals surface area contributed by atoms with E-state index in [0.29, 0.717) is 0 Å². The fourth-order valence-corrected chi connectivity index (χ4v) is 1.46. The average molecular weight is 173 g/mol. The second-order valence-electron chi connectivity index (χ2n) is 3.35. The van der Waals surface area contributed by atoms with Crippen LogP contribution in [0.15, 0.2) is 0 Å². The maximum absolute atomic E-state index is 6.08. The molecule has 0 saturated heterocycles. The van der Waals surface area contributed by atoms with E-state index >= 15 is 0 Å². The van der Waals surface area contributed by atoms with Crippen LogP contribution < -0.4 is 5.73 Å². The summed E-state index contributed by atoms with van der Waals surface area (Å²) in [5, 5.41) is 0. The summed E-state index contributed by atoms with van der Waals surface area (Å²) in [6.07, 6.45) is 5.42. The molecule has 0 aromatic carbocycles. The van der Waals surface area contributed by atoms with Crippen LogP contribution in [-0.4, -0.2) is 12.3 Å². The first-order valence-electron chi connectivity index (χ1n) is 5.11. The van der Waals surface area contributed by atoms with E-state index in [0.717, 1.165) is 32.3 Å². The van der Waals surface area contributed by atoms with Gasteiger partial charge in [-0.05, 0) is 26.2 Å². The Balaban J connectivity index is 3.80. The molecular weight excluding hydrogens is 150 g/mol. The smallest absolute Gasteiger partial charge is 0.116 e. The molecule has 1 atom stereocenters. The molecule has 0 fully saturated rings. The van der Waals surface area contributed by atoms with E-state index in [-0.39, 0.29) is 5.72 Å². The molecule has 0 aliphatic heterocycles. The summed E-state index contributed by atoms with van der Waals surface area (Å²) < 4.78 is 5.55. The van der Waals surface area contributed by atoms with Crippen molar-refractivity contribution in [1.82, 2.24) is 0 Å². The van der Waals surface area contributed by atoms with Gasteiger partial charge >= 0.3 is 0 Å². The van der Waals surface area contributed by atoms with Crippen molar-refractivity contribution in [2.45, 2.75) is 58.6 Å². The van der Waals surface area contributed by atoms with Gasteiger partial charge in [0.25, 0.3) is 0 Å². The van der Waals surface area contributed by atoms with Crippen LogP contribution >= 0.6 is 0 Å². The Morgan fingerprint density at radius 1 is 1.08 bits per heavy atom. The molecule has 2 nitrogen and oxygen atoms in total. The molecule has 74 valence electrons. The fourth-order valence-electron chi connectivity index (χ4n) is 1.46. The summed E-state index contributed by atoms with van der Waals surface area (Å²) in [4.78, 5) is 0. The van der Waals surface area contributed by atoms with Crippen LogP contribution in [0.3, 0.4) is 0 Å². The lowest BCUT2D eigenvalue weighted by Crippen LogP contribution is -2.42. The summed E-state index contributed by atoms with van der Waals surface area (Å²) in [7, 11) is 0. The molecule has 0 spiro atoms. The molecule has 0 aromatic rings. The van der Waals surface area contributed by atoms with Gasteiger partial charge in [-0.15, -0.1) is 0 Å². The molecule has 0 saturated carbocycles. The minimum Gasteiger partial charge on any atom is -0.361 e. The van der Waals surface area contributed by atoms with Crippen LogP contribution in [-0.2, 0) is 4.74 Å². The predicted molar refractivity (Wildman–Crippen MR) is 53.0 cm³/mol. The van der Waals surface area contributed by atoms with Gasteiger partial charge in [-0.2, -0.15) is 0 Å². The second kappa shape index (κ2) is 6.44.